The number of hydrogen-bond donors (Lipinski definition) is 0. The fourth-order valence-corrected chi connectivity index (χ4v) is 2.72. The molecule has 1 heteroatoms. The quantitative estimate of drug-likeness (QED) is 0.450. The maximum absolute atomic E-state index is 5.47. The van der Waals surface area contributed by atoms with Crippen LogP contribution in [0.15, 0.2) is 24.5 Å². The molecule has 0 saturated heterocycles. The lowest BCUT2D eigenvalue weighted by atomic mass is 9.92. The summed E-state index contributed by atoms with van der Waals surface area (Å²) in [6.45, 7) is 5.76. The van der Waals surface area contributed by atoms with Gasteiger partial charge < -0.3 is 4.74 Å². The molecule has 2 saturated carbocycles. The molecule has 12 heavy (non-hydrogen) atoms. The Hall–Kier alpha value is -0.720. The van der Waals surface area contributed by atoms with Crippen molar-refractivity contribution >= 4 is 0 Å². The van der Waals surface area contributed by atoms with Crippen LogP contribution in [0.25, 0.3) is 0 Å². The van der Waals surface area contributed by atoms with Crippen LogP contribution in [-0.4, -0.2) is 6.10 Å². The van der Waals surface area contributed by atoms with Gasteiger partial charge in [-0.2, -0.15) is 0 Å². The molecule has 0 N–H and O–H groups in total. The maximum atomic E-state index is 5.47. The lowest BCUT2D eigenvalue weighted by Gasteiger charge is -2.22. The molecule has 0 amide bonds. The smallest absolute Gasteiger partial charge is 0.101 e. The molecular formula is C11H16O. The first-order valence-electron chi connectivity index (χ1n) is 4.76. The van der Waals surface area contributed by atoms with E-state index in [9.17, 15) is 0 Å². The Labute approximate surface area is 74.1 Å². The van der Waals surface area contributed by atoms with Gasteiger partial charge in [0.25, 0.3) is 0 Å². The summed E-state index contributed by atoms with van der Waals surface area (Å²) in [4.78, 5) is 0. The van der Waals surface area contributed by atoms with E-state index in [1.807, 2.05) is 0 Å². The molecule has 2 rings (SSSR count). The number of rotatable bonds is 2. The summed E-state index contributed by atoms with van der Waals surface area (Å²) in [5.41, 5.74) is 1.66. The zero-order valence-corrected chi connectivity index (χ0v) is 7.62. The van der Waals surface area contributed by atoms with Gasteiger partial charge in [-0.1, -0.05) is 18.2 Å². The molecule has 0 heterocycles. The van der Waals surface area contributed by atoms with Crippen molar-refractivity contribution in [2.45, 2.75) is 32.3 Å². The monoisotopic (exact) mass is 164 g/mol. The summed E-state index contributed by atoms with van der Waals surface area (Å²) >= 11 is 0. The summed E-state index contributed by atoms with van der Waals surface area (Å²) in [5.74, 6) is 1.60. The minimum Gasteiger partial charge on any atom is -0.498 e. The second-order valence-electron chi connectivity index (χ2n) is 3.84. The van der Waals surface area contributed by atoms with Crippen molar-refractivity contribution in [2.24, 2.45) is 11.8 Å². The lowest BCUT2D eigenvalue weighted by molar-refractivity contribution is 0.101. The van der Waals surface area contributed by atoms with Crippen molar-refractivity contribution in [1.82, 2.24) is 0 Å². The Balaban J connectivity index is 2.02. The van der Waals surface area contributed by atoms with E-state index in [-0.39, 0.29) is 0 Å². The van der Waals surface area contributed by atoms with Gasteiger partial charge in [-0.25, -0.2) is 0 Å². The fourth-order valence-electron chi connectivity index (χ4n) is 2.72. The number of fused-ring (bicyclic) bond motifs is 2. The first-order valence-corrected chi connectivity index (χ1v) is 4.76. The lowest BCUT2D eigenvalue weighted by Crippen LogP contribution is -2.18. The van der Waals surface area contributed by atoms with E-state index in [4.69, 9.17) is 4.74 Å². The molecule has 2 bridgehead atoms. The van der Waals surface area contributed by atoms with Crippen molar-refractivity contribution in [2.75, 3.05) is 0 Å². The normalized spacial score (nSPS) is 42.1. The zero-order chi connectivity index (χ0) is 8.55. The first-order chi connectivity index (χ1) is 5.85. The summed E-state index contributed by atoms with van der Waals surface area (Å²) in [5, 5.41) is 0. The van der Waals surface area contributed by atoms with Gasteiger partial charge in [0.1, 0.15) is 6.10 Å². The Morgan fingerprint density at radius 2 is 2.33 bits per heavy atom. The van der Waals surface area contributed by atoms with Gasteiger partial charge >= 0.3 is 0 Å². The number of ether oxygens (including phenoxy) is 1. The van der Waals surface area contributed by atoms with E-state index in [1.54, 1.807) is 11.8 Å². The zero-order valence-electron chi connectivity index (χ0n) is 7.62. The SMILES string of the molecule is C=COC1CC2CC1C/C2=C/C. The van der Waals surface area contributed by atoms with Crippen LogP contribution in [0.5, 0.6) is 0 Å². The van der Waals surface area contributed by atoms with E-state index in [2.05, 4.69) is 19.6 Å². The standard InChI is InChI=1S/C11H16O/c1-3-8-5-10-6-9(8)7-11(10)12-4-2/h3-4,9-11H,2,5-7H2,1H3/b8-3-. The third kappa shape index (κ3) is 1.08. The molecule has 2 aliphatic rings. The molecule has 0 aromatic rings. The summed E-state index contributed by atoms with van der Waals surface area (Å²) in [7, 11) is 0. The highest BCUT2D eigenvalue weighted by Gasteiger charge is 2.43. The van der Waals surface area contributed by atoms with Crippen LogP contribution in [-0.2, 0) is 4.74 Å². The molecule has 1 nitrogen and oxygen atoms in total. The van der Waals surface area contributed by atoms with E-state index in [1.165, 1.54) is 19.3 Å². The van der Waals surface area contributed by atoms with E-state index < -0.39 is 0 Å². The molecule has 0 aromatic carbocycles. The molecule has 0 spiro atoms. The second kappa shape index (κ2) is 2.96. The third-order valence-corrected chi connectivity index (χ3v) is 3.29. The first kappa shape index (κ1) is 7.90. The van der Waals surface area contributed by atoms with Crippen LogP contribution in [0.3, 0.4) is 0 Å². The van der Waals surface area contributed by atoms with Crippen molar-refractivity contribution in [3.05, 3.63) is 24.5 Å². The van der Waals surface area contributed by atoms with Crippen LogP contribution >= 0.6 is 0 Å². The average Bonchev–Trinajstić information content (AvgIpc) is 2.62. The molecule has 66 valence electrons. The van der Waals surface area contributed by atoms with Gasteiger partial charge in [-0.3, -0.25) is 0 Å². The van der Waals surface area contributed by atoms with Gasteiger partial charge in [0.05, 0.1) is 6.26 Å². The van der Waals surface area contributed by atoms with E-state index in [0.29, 0.717) is 6.10 Å². The van der Waals surface area contributed by atoms with Crippen LogP contribution in [0.4, 0.5) is 0 Å². The van der Waals surface area contributed by atoms with Crippen LogP contribution in [0.1, 0.15) is 26.2 Å². The van der Waals surface area contributed by atoms with Crippen molar-refractivity contribution in [1.29, 1.82) is 0 Å². The van der Waals surface area contributed by atoms with Gasteiger partial charge in [0, 0.05) is 5.92 Å². The fraction of sp³-hybridized carbons (Fsp3) is 0.636. The van der Waals surface area contributed by atoms with Gasteiger partial charge in [-0.05, 0) is 32.1 Å². The third-order valence-electron chi connectivity index (χ3n) is 3.29. The highest BCUT2D eigenvalue weighted by molar-refractivity contribution is 5.18. The Bertz CT molecular complexity index is 217. The summed E-state index contributed by atoms with van der Waals surface area (Å²) in [6.07, 6.45) is 8.18. The molecular weight excluding hydrogens is 148 g/mol. The molecule has 0 radical (unpaired) electrons. The van der Waals surface area contributed by atoms with E-state index in [0.717, 1.165) is 11.8 Å². The van der Waals surface area contributed by atoms with Crippen molar-refractivity contribution in [3.63, 3.8) is 0 Å². The Morgan fingerprint density at radius 3 is 2.83 bits per heavy atom. The molecule has 2 aliphatic carbocycles. The van der Waals surface area contributed by atoms with Crippen molar-refractivity contribution < 1.29 is 4.74 Å². The van der Waals surface area contributed by atoms with E-state index >= 15 is 0 Å². The van der Waals surface area contributed by atoms with Crippen LogP contribution in [0, 0.1) is 11.8 Å². The molecule has 2 fully saturated rings. The highest BCUT2D eigenvalue weighted by Crippen LogP contribution is 2.49. The number of allylic oxidation sites excluding steroid dienone is 2. The van der Waals surface area contributed by atoms with Crippen LogP contribution in [0.2, 0.25) is 0 Å². The van der Waals surface area contributed by atoms with Gasteiger partial charge in [0.2, 0.25) is 0 Å². The maximum Gasteiger partial charge on any atom is 0.101 e. The minimum atomic E-state index is 0.469. The predicted molar refractivity (Wildman–Crippen MR) is 49.7 cm³/mol. The van der Waals surface area contributed by atoms with Crippen LogP contribution < -0.4 is 0 Å². The van der Waals surface area contributed by atoms with Crippen molar-refractivity contribution in [3.8, 4) is 0 Å². The molecule has 3 unspecified atom stereocenters. The second-order valence-corrected chi connectivity index (χ2v) is 3.84. The predicted octanol–water partition coefficient (Wildman–Crippen LogP) is 2.89. The van der Waals surface area contributed by atoms with Gasteiger partial charge in [0.15, 0.2) is 0 Å². The summed E-state index contributed by atoms with van der Waals surface area (Å²) < 4.78 is 5.47. The minimum absolute atomic E-state index is 0.469. The Morgan fingerprint density at radius 1 is 1.50 bits per heavy atom. The molecule has 0 aliphatic heterocycles. The molecule has 0 aromatic heterocycles. The highest BCUT2D eigenvalue weighted by atomic mass is 16.5. The molecule has 3 atom stereocenters. The number of hydrogen-bond acceptors (Lipinski definition) is 1. The van der Waals surface area contributed by atoms with Gasteiger partial charge in [-0.15, -0.1) is 0 Å². The topological polar surface area (TPSA) is 9.23 Å². The Kier molecular flexibility index (Phi) is 1.95. The summed E-state index contributed by atoms with van der Waals surface area (Å²) in [6, 6.07) is 0. The largest absolute Gasteiger partial charge is 0.498 e. The average molecular weight is 164 g/mol.